The van der Waals surface area contributed by atoms with Crippen molar-refractivity contribution >= 4 is 34.5 Å². The van der Waals surface area contributed by atoms with Crippen LogP contribution in [0.3, 0.4) is 0 Å². The molecule has 0 spiro atoms. The van der Waals surface area contributed by atoms with Crippen LogP contribution in [-0.4, -0.2) is 16.8 Å². The molecule has 0 amide bonds. The van der Waals surface area contributed by atoms with E-state index in [1.54, 1.807) is 13.1 Å². The Hall–Kier alpha value is -2.98. The third-order valence-electron chi connectivity index (χ3n) is 3.88. The zero-order valence-corrected chi connectivity index (χ0v) is 13.4. The molecule has 1 aromatic heterocycles. The van der Waals surface area contributed by atoms with Crippen molar-refractivity contribution in [2.75, 3.05) is 5.73 Å². The zero-order chi connectivity index (χ0) is 17.1. The maximum atomic E-state index is 12.4. The summed E-state index contributed by atoms with van der Waals surface area (Å²) in [5, 5.41) is 0.927. The van der Waals surface area contributed by atoms with Crippen molar-refractivity contribution in [2.45, 2.75) is 13.0 Å². The molecule has 0 aliphatic carbocycles. The van der Waals surface area contributed by atoms with Gasteiger partial charge in [0, 0.05) is 22.8 Å². The molecule has 0 aliphatic heterocycles. The van der Waals surface area contributed by atoms with Gasteiger partial charge in [0.05, 0.1) is 11.6 Å². The Morgan fingerprint density at radius 1 is 1.08 bits per heavy atom. The van der Waals surface area contributed by atoms with Gasteiger partial charge in [-0.25, -0.2) is 0 Å². The molecule has 3 rings (SSSR count). The number of aromatic nitrogens is 1. The summed E-state index contributed by atoms with van der Waals surface area (Å²) >= 11 is 0. The van der Waals surface area contributed by atoms with Crippen LogP contribution >= 0.6 is 0 Å². The van der Waals surface area contributed by atoms with Crippen molar-refractivity contribution in [1.29, 1.82) is 0 Å². The van der Waals surface area contributed by atoms with Crippen LogP contribution in [0.2, 0.25) is 0 Å². The van der Waals surface area contributed by atoms with E-state index in [4.69, 9.17) is 11.5 Å². The Morgan fingerprint density at radius 2 is 1.79 bits per heavy atom. The van der Waals surface area contributed by atoms with Crippen molar-refractivity contribution in [3.63, 3.8) is 0 Å². The number of fused-ring (bicyclic) bond motifs is 1. The second kappa shape index (κ2) is 6.64. The van der Waals surface area contributed by atoms with Crippen LogP contribution in [0.1, 0.15) is 28.4 Å². The number of pyridine rings is 1. The summed E-state index contributed by atoms with van der Waals surface area (Å²) in [5.41, 5.74) is 15.4. The lowest BCUT2D eigenvalue weighted by molar-refractivity contribution is 0.0967. The number of carbonyl (C=O) groups excluding carboxylic acids is 1. The second-order valence-corrected chi connectivity index (χ2v) is 5.76. The molecule has 0 aliphatic rings. The molecule has 4 heteroatoms. The lowest BCUT2D eigenvalue weighted by Gasteiger charge is -2.10. The SMILES string of the molecule is C[C@H](N)C(=O)c1cnc2ccccc2c1C=Cc1ccc(N)cc1. The highest BCUT2D eigenvalue weighted by molar-refractivity contribution is 6.07. The lowest BCUT2D eigenvalue weighted by Crippen LogP contribution is -2.27. The number of nitrogens with zero attached hydrogens (tertiary/aromatic N) is 1. The number of hydrogen-bond donors (Lipinski definition) is 2. The molecule has 1 atom stereocenters. The maximum absolute atomic E-state index is 12.4. The minimum Gasteiger partial charge on any atom is -0.399 e. The molecule has 3 aromatic rings. The third-order valence-corrected chi connectivity index (χ3v) is 3.88. The molecule has 0 saturated heterocycles. The number of anilines is 1. The minimum atomic E-state index is -0.573. The quantitative estimate of drug-likeness (QED) is 0.570. The van der Waals surface area contributed by atoms with Crippen molar-refractivity contribution < 1.29 is 4.79 Å². The first-order valence-corrected chi connectivity index (χ1v) is 7.77. The number of benzene rings is 2. The van der Waals surface area contributed by atoms with Crippen LogP contribution in [-0.2, 0) is 0 Å². The summed E-state index contributed by atoms with van der Waals surface area (Å²) in [7, 11) is 0. The fraction of sp³-hybridized carbons (Fsp3) is 0.100. The summed E-state index contributed by atoms with van der Waals surface area (Å²) in [6.45, 7) is 1.69. The van der Waals surface area contributed by atoms with Gasteiger partial charge in [0.2, 0.25) is 0 Å². The van der Waals surface area contributed by atoms with E-state index in [-0.39, 0.29) is 5.78 Å². The molecular formula is C20H19N3O. The average Bonchev–Trinajstić information content (AvgIpc) is 2.60. The minimum absolute atomic E-state index is 0.120. The first-order chi connectivity index (χ1) is 11.6. The molecule has 2 aromatic carbocycles. The molecule has 0 radical (unpaired) electrons. The average molecular weight is 317 g/mol. The highest BCUT2D eigenvalue weighted by Crippen LogP contribution is 2.24. The Balaban J connectivity index is 2.14. The lowest BCUT2D eigenvalue weighted by atomic mass is 9.97. The predicted molar refractivity (Wildman–Crippen MR) is 99.5 cm³/mol. The van der Waals surface area contributed by atoms with Crippen LogP contribution < -0.4 is 11.5 Å². The molecule has 0 saturated carbocycles. The number of nitrogen functional groups attached to an aromatic ring is 1. The zero-order valence-electron chi connectivity index (χ0n) is 13.4. The fourth-order valence-corrected chi connectivity index (χ4v) is 2.57. The number of hydrogen-bond acceptors (Lipinski definition) is 4. The largest absolute Gasteiger partial charge is 0.399 e. The van der Waals surface area contributed by atoms with Gasteiger partial charge in [-0.1, -0.05) is 42.5 Å². The maximum Gasteiger partial charge on any atom is 0.181 e. The number of nitrogens with two attached hydrogens (primary N) is 2. The molecule has 0 fully saturated rings. The van der Waals surface area contributed by atoms with Crippen molar-refractivity contribution in [3.05, 3.63) is 71.4 Å². The monoisotopic (exact) mass is 317 g/mol. The van der Waals surface area contributed by atoms with Gasteiger partial charge in [-0.15, -0.1) is 0 Å². The summed E-state index contributed by atoms with van der Waals surface area (Å²) in [6.07, 6.45) is 5.50. The van der Waals surface area contributed by atoms with Crippen LogP contribution in [0.25, 0.3) is 23.1 Å². The molecule has 24 heavy (non-hydrogen) atoms. The number of para-hydroxylation sites is 1. The Bertz CT molecular complexity index is 912. The fourth-order valence-electron chi connectivity index (χ4n) is 2.57. The number of rotatable bonds is 4. The van der Waals surface area contributed by atoms with Crippen molar-refractivity contribution in [1.82, 2.24) is 4.98 Å². The first kappa shape index (κ1) is 15.9. The first-order valence-electron chi connectivity index (χ1n) is 7.77. The van der Waals surface area contributed by atoms with Gasteiger partial charge in [0.1, 0.15) is 0 Å². The normalized spacial score (nSPS) is 12.6. The molecule has 4 nitrogen and oxygen atoms in total. The standard InChI is InChI=1S/C20H19N3O/c1-13(21)20(24)18-12-23-19-5-3-2-4-17(19)16(18)11-8-14-6-9-15(22)10-7-14/h2-13H,21-22H2,1H3/t13-/m0/s1. The van der Waals surface area contributed by atoms with Gasteiger partial charge >= 0.3 is 0 Å². The second-order valence-electron chi connectivity index (χ2n) is 5.76. The van der Waals surface area contributed by atoms with Gasteiger partial charge in [-0.3, -0.25) is 9.78 Å². The van der Waals surface area contributed by atoms with E-state index < -0.39 is 6.04 Å². The Morgan fingerprint density at radius 3 is 2.50 bits per heavy atom. The Kier molecular flexibility index (Phi) is 4.40. The molecule has 0 unspecified atom stereocenters. The van der Waals surface area contributed by atoms with Crippen LogP contribution in [0.15, 0.2) is 54.7 Å². The summed E-state index contributed by atoms with van der Waals surface area (Å²) in [6, 6.07) is 14.7. The van der Waals surface area contributed by atoms with Gasteiger partial charge in [-0.2, -0.15) is 0 Å². The molecule has 4 N–H and O–H groups in total. The van der Waals surface area contributed by atoms with E-state index >= 15 is 0 Å². The van der Waals surface area contributed by atoms with E-state index in [0.717, 1.165) is 22.0 Å². The Labute approximate surface area is 140 Å². The number of carbonyl (C=O) groups is 1. The predicted octanol–water partition coefficient (Wildman–Crippen LogP) is 3.52. The third kappa shape index (κ3) is 3.19. The van der Waals surface area contributed by atoms with E-state index in [9.17, 15) is 4.79 Å². The van der Waals surface area contributed by atoms with E-state index in [1.165, 1.54) is 0 Å². The van der Waals surface area contributed by atoms with Crippen LogP contribution in [0, 0.1) is 0 Å². The summed E-state index contributed by atoms with van der Waals surface area (Å²) in [5.74, 6) is -0.120. The van der Waals surface area contributed by atoms with Gasteiger partial charge in [-0.05, 0) is 36.2 Å². The smallest absolute Gasteiger partial charge is 0.181 e. The summed E-state index contributed by atoms with van der Waals surface area (Å²) in [4.78, 5) is 16.8. The van der Waals surface area contributed by atoms with Crippen LogP contribution in [0.5, 0.6) is 0 Å². The number of Topliss-reactive ketones (excluding diaryl/α,β-unsaturated/α-hetero) is 1. The summed E-state index contributed by atoms with van der Waals surface area (Å²) < 4.78 is 0. The molecule has 120 valence electrons. The molecule has 0 bridgehead atoms. The van der Waals surface area contributed by atoms with Crippen molar-refractivity contribution in [3.8, 4) is 0 Å². The topological polar surface area (TPSA) is 82.0 Å². The number of ketones is 1. The van der Waals surface area contributed by atoms with E-state index in [2.05, 4.69) is 4.98 Å². The van der Waals surface area contributed by atoms with Gasteiger partial charge in [0.25, 0.3) is 0 Å². The molecule has 1 heterocycles. The highest BCUT2D eigenvalue weighted by atomic mass is 16.1. The van der Waals surface area contributed by atoms with Gasteiger partial charge in [0.15, 0.2) is 5.78 Å². The van der Waals surface area contributed by atoms with E-state index in [1.807, 2.05) is 60.7 Å². The highest BCUT2D eigenvalue weighted by Gasteiger charge is 2.16. The molecular weight excluding hydrogens is 298 g/mol. The van der Waals surface area contributed by atoms with E-state index in [0.29, 0.717) is 11.3 Å². The van der Waals surface area contributed by atoms with Crippen molar-refractivity contribution in [2.24, 2.45) is 5.73 Å². The van der Waals surface area contributed by atoms with Gasteiger partial charge < -0.3 is 11.5 Å². The van der Waals surface area contributed by atoms with Crippen LogP contribution in [0.4, 0.5) is 5.69 Å².